The number of halogens is 1. The van der Waals surface area contributed by atoms with Crippen LogP contribution in [-0.4, -0.2) is 30.9 Å². The summed E-state index contributed by atoms with van der Waals surface area (Å²) in [6.07, 6.45) is 3.05. The van der Waals surface area contributed by atoms with Gasteiger partial charge in [-0.05, 0) is 48.4 Å². The van der Waals surface area contributed by atoms with E-state index in [9.17, 15) is 10.1 Å². The van der Waals surface area contributed by atoms with Crippen molar-refractivity contribution in [3.8, 4) is 17.6 Å². The monoisotopic (exact) mass is 507 g/mol. The molecule has 1 atom stereocenters. The molecule has 0 saturated heterocycles. The van der Waals surface area contributed by atoms with E-state index in [0.717, 1.165) is 30.5 Å². The molecule has 0 saturated carbocycles. The number of ether oxygens (including phenoxy) is 2. The Morgan fingerprint density at radius 2 is 1.97 bits per heavy atom. The van der Waals surface area contributed by atoms with E-state index >= 15 is 0 Å². The molecule has 4 rings (SSSR count). The first kappa shape index (κ1) is 24.9. The number of hydrogen-bond acceptors (Lipinski definition) is 6. The Kier molecular flexibility index (Phi) is 8.17. The SMILES string of the molecule is COc1cc(OC)c(NC(=O)CCSc2nc3c(cc2C#N)CC(c2ccccc2)CC3)cc1Cl. The van der Waals surface area contributed by atoms with Crippen molar-refractivity contribution in [2.24, 2.45) is 0 Å². The van der Waals surface area contributed by atoms with Crippen molar-refractivity contribution in [1.29, 1.82) is 5.26 Å². The van der Waals surface area contributed by atoms with Gasteiger partial charge in [-0.3, -0.25) is 4.79 Å². The first-order chi connectivity index (χ1) is 17.0. The molecule has 180 valence electrons. The second kappa shape index (κ2) is 11.5. The topological polar surface area (TPSA) is 84.2 Å². The van der Waals surface area contributed by atoms with Crippen LogP contribution in [-0.2, 0) is 17.6 Å². The summed E-state index contributed by atoms with van der Waals surface area (Å²) in [5.41, 5.74) is 4.57. The van der Waals surface area contributed by atoms with Gasteiger partial charge in [0.1, 0.15) is 22.6 Å². The van der Waals surface area contributed by atoms with Gasteiger partial charge < -0.3 is 14.8 Å². The Labute approximate surface area is 214 Å². The Morgan fingerprint density at radius 1 is 1.20 bits per heavy atom. The molecule has 0 spiro atoms. The summed E-state index contributed by atoms with van der Waals surface area (Å²) < 4.78 is 10.5. The van der Waals surface area contributed by atoms with E-state index in [2.05, 4.69) is 35.7 Å². The lowest BCUT2D eigenvalue weighted by Gasteiger charge is -2.25. The smallest absolute Gasteiger partial charge is 0.225 e. The van der Waals surface area contributed by atoms with Crippen molar-refractivity contribution < 1.29 is 14.3 Å². The summed E-state index contributed by atoms with van der Waals surface area (Å²) in [5, 5.41) is 13.6. The minimum Gasteiger partial charge on any atom is -0.495 e. The predicted octanol–water partition coefficient (Wildman–Crippen LogP) is 6.02. The second-order valence-electron chi connectivity index (χ2n) is 8.24. The quantitative estimate of drug-likeness (QED) is 0.375. The van der Waals surface area contributed by atoms with E-state index < -0.39 is 0 Å². The van der Waals surface area contributed by atoms with Crippen LogP contribution in [0, 0.1) is 11.3 Å². The molecule has 1 unspecified atom stereocenters. The summed E-state index contributed by atoms with van der Waals surface area (Å²) in [6.45, 7) is 0. The summed E-state index contributed by atoms with van der Waals surface area (Å²) in [4.78, 5) is 17.4. The van der Waals surface area contributed by atoms with Crippen LogP contribution < -0.4 is 14.8 Å². The molecular formula is C27H26ClN3O3S. The Bertz CT molecular complexity index is 1260. The van der Waals surface area contributed by atoms with Crippen molar-refractivity contribution in [3.05, 3.63) is 75.9 Å². The van der Waals surface area contributed by atoms with Crippen molar-refractivity contribution in [2.75, 3.05) is 25.3 Å². The lowest BCUT2D eigenvalue weighted by molar-refractivity contribution is -0.115. The molecule has 1 aliphatic rings. The van der Waals surface area contributed by atoms with Gasteiger partial charge >= 0.3 is 0 Å². The van der Waals surface area contributed by atoms with Gasteiger partial charge in [-0.25, -0.2) is 4.98 Å². The number of nitrogens with one attached hydrogen (secondary N) is 1. The molecule has 0 fully saturated rings. The maximum absolute atomic E-state index is 12.6. The molecule has 0 radical (unpaired) electrons. The molecule has 0 aliphatic heterocycles. The number of amides is 1. The average Bonchev–Trinajstić information content (AvgIpc) is 2.88. The zero-order chi connectivity index (χ0) is 24.8. The van der Waals surface area contributed by atoms with E-state index in [1.807, 2.05) is 12.1 Å². The van der Waals surface area contributed by atoms with Crippen LogP contribution in [0.15, 0.2) is 53.6 Å². The molecule has 0 bridgehead atoms. The lowest BCUT2D eigenvalue weighted by Crippen LogP contribution is -2.15. The van der Waals surface area contributed by atoms with E-state index in [1.54, 1.807) is 12.1 Å². The number of anilines is 1. The minimum absolute atomic E-state index is 0.181. The van der Waals surface area contributed by atoms with Gasteiger partial charge in [-0.1, -0.05) is 41.9 Å². The number of aromatic nitrogens is 1. The van der Waals surface area contributed by atoms with Crippen LogP contribution in [0.2, 0.25) is 5.02 Å². The highest BCUT2D eigenvalue weighted by Gasteiger charge is 2.23. The zero-order valence-electron chi connectivity index (χ0n) is 19.6. The van der Waals surface area contributed by atoms with Gasteiger partial charge in [-0.15, -0.1) is 11.8 Å². The molecule has 1 aromatic heterocycles. The van der Waals surface area contributed by atoms with Gasteiger partial charge in [-0.2, -0.15) is 5.26 Å². The van der Waals surface area contributed by atoms with E-state index in [1.165, 1.54) is 31.5 Å². The fraction of sp³-hybridized carbons (Fsp3) is 0.296. The van der Waals surface area contributed by atoms with Gasteiger partial charge in [0.15, 0.2) is 0 Å². The number of pyridine rings is 1. The number of nitrogens with zero attached hydrogens (tertiary/aromatic N) is 2. The van der Waals surface area contributed by atoms with Crippen molar-refractivity contribution in [1.82, 2.24) is 4.98 Å². The first-order valence-electron chi connectivity index (χ1n) is 11.3. The standard InChI is InChI=1S/C27H26ClN3O3S/c1-33-24-15-25(34-2)23(14-21(24)28)30-26(32)10-11-35-27-20(16-29)13-19-12-18(8-9-22(19)31-27)17-6-4-3-5-7-17/h3-7,13-15,18H,8-12H2,1-2H3,(H,30,32). The minimum atomic E-state index is -0.181. The summed E-state index contributed by atoms with van der Waals surface area (Å²) in [5.74, 6) is 1.69. The molecular weight excluding hydrogens is 482 g/mol. The number of carbonyl (C=O) groups is 1. The summed E-state index contributed by atoms with van der Waals surface area (Å²) in [6, 6.07) is 18.0. The molecule has 8 heteroatoms. The molecule has 35 heavy (non-hydrogen) atoms. The average molecular weight is 508 g/mol. The van der Waals surface area contributed by atoms with E-state index in [0.29, 0.717) is 44.5 Å². The van der Waals surface area contributed by atoms with Crippen LogP contribution in [0.3, 0.4) is 0 Å². The molecule has 3 aromatic rings. The number of rotatable bonds is 8. The van der Waals surface area contributed by atoms with E-state index in [-0.39, 0.29) is 12.3 Å². The maximum Gasteiger partial charge on any atom is 0.225 e. The number of hydrogen-bond donors (Lipinski definition) is 1. The second-order valence-corrected chi connectivity index (χ2v) is 9.73. The maximum atomic E-state index is 12.6. The van der Waals surface area contributed by atoms with Crippen molar-refractivity contribution in [3.63, 3.8) is 0 Å². The van der Waals surface area contributed by atoms with Crippen LogP contribution in [0.4, 0.5) is 5.69 Å². The number of benzene rings is 2. The fourth-order valence-corrected chi connectivity index (χ4v) is 5.41. The number of thioether (sulfide) groups is 1. The third-order valence-corrected chi connectivity index (χ3v) is 7.35. The lowest BCUT2D eigenvalue weighted by atomic mass is 9.82. The Balaban J connectivity index is 1.39. The number of methoxy groups -OCH3 is 2. The third kappa shape index (κ3) is 5.90. The molecule has 1 N–H and O–H groups in total. The number of fused-ring (bicyclic) bond motifs is 1. The van der Waals surface area contributed by atoms with Crippen molar-refractivity contribution >= 4 is 35.0 Å². The number of nitriles is 1. The highest BCUT2D eigenvalue weighted by molar-refractivity contribution is 7.99. The third-order valence-electron chi connectivity index (χ3n) is 6.06. The number of aryl methyl sites for hydroxylation is 1. The summed E-state index contributed by atoms with van der Waals surface area (Å²) >= 11 is 7.61. The van der Waals surface area contributed by atoms with E-state index in [4.69, 9.17) is 26.1 Å². The first-order valence-corrected chi connectivity index (χ1v) is 12.7. The largest absolute Gasteiger partial charge is 0.495 e. The molecule has 6 nitrogen and oxygen atoms in total. The highest BCUT2D eigenvalue weighted by Crippen LogP contribution is 2.37. The van der Waals surface area contributed by atoms with Crippen LogP contribution in [0.5, 0.6) is 11.5 Å². The molecule has 1 aliphatic carbocycles. The predicted molar refractivity (Wildman–Crippen MR) is 139 cm³/mol. The Morgan fingerprint density at radius 3 is 2.69 bits per heavy atom. The van der Waals surface area contributed by atoms with Gasteiger partial charge in [0.05, 0.1) is 30.5 Å². The normalized spacial score (nSPS) is 14.5. The summed E-state index contributed by atoms with van der Waals surface area (Å²) in [7, 11) is 3.03. The van der Waals surface area contributed by atoms with Crippen LogP contribution in [0.1, 0.15) is 41.1 Å². The molecule has 1 amide bonds. The fourth-order valence-electron chi connectivity index (χ4n) is 4.26. The van der Waals surface area contributed by atoms with Crippen LogP contribution >= 0.6 is 23.4 Å². The Hall–Kier alpha value is -3.21. The highest BCUT2D eigenvalue weighted by atomic mass is 35.5. The van der Waals surface area contributed by atoms with Crippen molar-refractivity contribution in [2.45, 2.75) is 36.6 Å². The van der Waals surface area contributed by atoms with Gasteiger partial charge in [0.2, 0.25) is 5.91 Å². The molecule has 2 aromatic carbocycles. The number of carbonyl (C=O) groups excluding carboxylic acids is 1. The van der Waals surface area contributed by atoms with Crippen LogP contribution in [0.25, 0.3) is 0 Å². The van der Waals surface area contributed by atoms with Gasteiger partial charge in [0, 0.05) is 23.9 Å². The molecule has 1 heterocycles. The zero-order valence-corrected chi connectivity index (χ0v) is 21.2. The van der Waals surface area contributed by atoms with Gasteiger partial charge in [0.25, 0.3) is 0 Å².